The maximum atomic E-state index is 6.32. The minimum atomic E-state index is 0. The lowest BCUT2D eigenvalue weighted by Gasteiger charge is -2.35. The Morgan fingerprint density at radius 1 is 1.07 bits per heavy atom. The van der Waals surface area contributed by atoms with Gasteiger partial charge in [0.2, 0.25) is 0 Å². The highest BCUT2D eigenvalue weighted by Gasteiger charge is 2.19. The molecule has 0 atom stereocenters. The molecule has 162 valence electrons. The van der Waals surface area contributed by atoms with Gasteiger partial charge in [0.15, 0.2) is 0 Å². The zero-order valence-corrected chi connectivity index (χ0v) is 18.6. The number of rotatable bonds is 6. The molecule has 1 saturated heterocycles. The van der Waals surface area contributed by atoms with Crippen molar-refractivity contribution in [2.24, 2.45) is 5.73 Å². The number of benzene rings is 1. The lowest BCUT2D eigenvalue weighted by atomic mass is 10.1. The van der Waals surface area contributed by atoms with E-state index in [-0.39, 0.29) is 12.4 Å². The molecule has 1 aliphatic heterocycles. The number of anilines is 1. The first-order valence-electron chi connectivity index (χ1n) is 9.57. The average Bonchev–Trinajstić information content (AvgIpc) is 3.17. The van der Waals surface area contributed by atoms with Gasteiger partial charge in [0.05, 0.1) is 24.9 Å². The van der Waals surface area contributed by atoms with Crippen molar-refractivity contribution in [3.8, 4) is 22.8 Å². The monoisotopic (exact) mass is 452 g/mol. The van der Waals surface area contributed by atoms with Gasteiger partial charge in [-0.15, -0.1) is 12.4 Å². The zero-order valence-electron chi connectivity index (χ0n) is 17.0. The van der Waals surface area contributed by atoms with Crippen LogP contribution in [0.1, 0.15) is 0 Å². The Kier molecular flexibility index (Phi) is 7.25. The Hall–Kier alpha value is -2.26. The molecule has 3 heterocycles. The van der Waals surface area contributed by atoms with Crippen LogP contribution in [0.25, 0.3) is 16.9 Å². The SMILES string of the molecule is COc1cc(OC)c(-c2cn3cnc(N4CCN(CCN)CC4)cc3n2)cc1Cl.Cl. The number of ether oxygens (including phenoxy) is 2. The molecule has 0 aliphatic carbocycles. The van der Waals surface area contributed by atoms with Crippen LogP contribution in [-0.4, -0.2) is 72.8 Å². The van der Waals surface area contributed by atoms with E-state index in [9.17, 15) is 0 Å². The molecule has 8 nitrogen and oxygen atoms in total. The highest BCUT2D eigenvalue weighted by atomic mass is 35.5. The first-order valence-corrected chi connectivity index (χ1v) is 9.94. The number of piperazine rings is 1. The second-order valence-electron chi connectivity index (χ2n) is 6.94. The Morgan fingerprint density at radius 2 is 1.80 bits per heavy atom. The number of fused-ring (bicyclic) bond motifs is 1. The predicted molar refractivity (Wildman–Crippen MR) is 121 cm³/mol. The van der Waals surface area contributed by atoms with E-state index in [1.54, 1.807) is 26.6 Å². The summed E-state index contributed by atoms with van der Waals surface area (Å²) in [6.07, 6.45) is 3.72. The molecular formula is C20H26Cl2N6O2. The molecule has 0 radical (unpaired) electrons. The molecule has 0 saturated carbocycles. The van der Waals surface area contributed by atoms with E-state index >= 15 is 0 Å². The summed E-state index contributed by atoms with van der Waals surface area (Å²) in [5.74, 6) is 2.15. The number of hydrogen-bond donors (Lipinski definition) is 1. The number of aromatic nitrogens is 3. The Balaban J connectivity index is 0.00000256. The fourth-order valence-corrected chi connectivity index (χ4v) is 3.87. The maximum Gasteiger partial charge on any atom is 0.142 e. The van der Waals surface area contributed by atoms with Gasteiger partial charge in [0.25, 0.3) is 0 Å². The lowest BCUT2D eigenvalue weighted by molar-refractivity contribution is 0.264. The summed E-state index contributed by atoms with van der Waals surface area (Å²) in [5, 5.41) is 0.509. The van der Waals surface area contributed by atoms with Crippen LogP contribution < -0.4 is 20.1 Å². The molecule has 10 heteroatoms. The van der Waals surface area contributed by atoms with E-state index < -0.39 is 0 Å². The van der Waals surface area contributed by atoms with Crippen LogP contribution >= 0.6 is 24.0 Å². The van der Waals surface area contributed by atoms with Gasteiger partial charge in [-0.05, 0) is 6.07 Å². The van der Waals surface area contributed by atoms with Crippen LogP contribution in [0.5, 0.6) is 11.5 Å². The largest absolute Gasteiger partial charge is 0.496 e. The van der Waals surface area contributed by atoms with Gasteiger partial charge < -0.3 is 20.1 Å². The Morgan fingerprint density at radius 3 is 2.47 bits per heavy atom. The lowest BCUT2D eigenvalue weighted by Crippen LogP contribution is -2.48. The number of imidazole rings is 1. The van der Waals surface area contributed by atoms with Crippen molar-refractivity contribution in [1.82, 2.24) is 19.3 Å². The maximum absolute atomic E-state index is 6.32. The molecular weight excluding hydrogens is 427 g/mol. The summed E-state index contributed by atoms with van der Waals surface area (Å²) in [4.78, 5) is 14.1. The van der Waals surface area contributed by atoms with E-state index in [1.165, 1.54) is 0 Å². The average molecular weight is 453 g/mol. The normalized spacial score (nSPS) is 14.6. The third kappa shape index (κ3) is 4.41. The van der Waals surface area contributed by atoms with Crippen molar-refractivity contribution < 1.29 is 9.47 Å². The molecule has 1 fully saturated rings. The van der Waals surface area contributed by atoms with Crippen LogP contribution in [0, 0.1) is 0 Å². The molecule has 30 heavy (non-hydrogen) atoms. The van der Waals surface area contributed by atoms with Crippen molar-refractivity contribution >= 4 is 35.5 Å². The highest BCUT2D eigenvalue weighted by molar-refractivity contribution is 6.32. The predicted octanol–water partition coefficient (Wildman–Crippen LogP) is 2.57. The van der Waals surface area contributed by atoms with Gasteiger partial charge in [0.1, 0.15) is 29.3 Å². The zero-order chi connectivity index (χ0) is 20.4. The van der Waals surface area contributed by atoms with Crippen molar-refractivity contribution in [2.45, 2.75) is 0 Å². The van der Waals surface area contributed by atoms with Crippen molar-refractivity contribution in [2.75, 3.05) is 58.4 Å². The molecule has 0 spiro atoms. The number of halogens is 2. The molecule has 3 aromatic rings. The van der Waals surface area contributed by atoms with Crippen LogP contribution in [0.2, 0.25) is 5.02 Å². The first-order chi connectivity index (χ1) is 14.1. The molecule has 0 bridgehead atoms. The number of nitrogens with two attached hydrogens (primary N) is 1. The van der Waals surface area contributed by atoms with Gasteiger partial charge >= 0.3 is 0 Å². The van der Waals surface area contributed by atoms with E-state index in [0.717, 1.165) is 55.4 Å². The van der Waals surface area contributed by atoms with E-state index in [1.807, 2.05) is 22.7 Å². The van der Waals surface area contributed by atoms with E-state index in [0.29, 0.717) is 23.1 Å². The van der Waals surface area contributed by atoms with Crippen molar-refractivity contribution in [1.29, 1.82) is 0 Å². The summed E-state index contributed by atoms with van der Waals surface area (Å²) >= 11 is 6.32. The van der Waals surface area contributed by atoms with Gasteiger partial charge in [-0.25, -0.2) is 9.97 Å². The minimum absolute atomic E-state index is 0. The topological polar surface area (TPSA) is 81.2 Å². The Bertz CT molecular complexity index is 1000. The van der Waals surface area contributed by atoms with Crippen molar-refractivity contribution in [3.63, 3.8) is 0 Å². The van der Waals surface area contributed by atoms with Gasteiger partial charge in [-0.2, -0.15) is 0 Å². The summed E-state index contributed by atoms with van der Waals surface area (Å²) in [7, 11) is 3.19. The third-order valence-electron chi connectivity index (χ3n) is 5.23. The number of hydrogen-bond acceptors (Lipinski definition) is 7. The molecule has 2 N–H and O–H groups in total. The molecule has 0 amide bonds. The van der Waals surface area contributed by atoms with Gasteiger partial charge in [-0.1, -0.05) is 11.6 Å². The van der Waals surface area contributed by atoms with E-state index in [2.05, 4.69) is 14.8 Å². The second-order valence-corrected chi connectivity index (χ2v) is 7.35. The van der Waals surface area contributed by atoms with Gasteiger partial charge in [-0.3, -0.25) is 9.30 Å². The minimum Gasteiger partial charge on any atom is -0.496 e. The van der Waals surface area contributed by atoms with Crippen LogP contribution in [0.4, 0.5) is 5.82 Å². The van der Waals surface area contributed by atoms with Crippen molar-refractivity contribution in [3.05, 3.63) is 35.7 Å². The fourth-order valence-electron chi connectivity index (χ4n) is 3.63. The van der Waals surface area contributed by atoms with E-state index in [4.69, 9.17) is 31.8 Å². The smallest absolute Gasteiger partial charge is 0.142 e. The Labute approximate surface area is 187 Å². The highest BCUT2D eigenvalue weighted by Crippen LogP contribution is 2.38. The fraction of sp³-hybridized carbons (Fsp3) is 0.400. The van der Waals surface area contributed by atoms with Crippen LogP contribution in [0.3, 0.4) is 0 Å². The summed E-state index contributed by atoms with van der Waals surface area (Å²) < 4.78 is 12.7. The van der Waals surface area contributed by atoms with Gasteiger partial charge in [0, 0.05) is 63.2 Å². The first kappa shape index (κ1) is 22.4. The molecule has 2 aromatic heterocycles. The summed E-state index contributed by atoms with van der Waals surface area (Å²) in [6, 6.07) is 5.60. The molecule has 4 rings (SSSR count). The number of methoxy groups -OCH3 is 2. The molecule has 0 unspecified atom stereocenters. The molecule has 1 aliphatic rings. The third-order valence-corrected chi connectivity index (χ3v) is 5.52. The number of nitrogens with zero attached hydrogens (tertiary/aromatic N) is 5. The van der Waals surface area contributed by atoms with Crippen LogP contribution in [0.15, 0.2) is 30.7 Å². The summed E-state index contributed by atoms with van der Waals surface area (Å²) in [6.45, 7) is 5.48. The standard InChI is InChI=1S/C20H25ClN6O2.ClH/c1-28-17-10-18(29-2)15(21)9-14(17)16-12-27-13-23-19(11-20(27)24-16)26-7-5-25(4-3-22)6-8-26;/h9-13H,3-8,22H2,1-2H3;1H. The second kappa shape index (κ2) is 9.70. The quantitative estimate of drug-likeness (QED) is 0.615. The summed E-state index contributed by atoms with van der Waals surface area (Å²) in [5.41, 5.74) is 8.05. The molecule has 1 aromatic carbocycles. The van der Waals surface area contributed by atoms with Crippen LogP contribution in [-0.2, 0) is 0 Å².